The van der Waals surface area contributed by atoms with Crippen LogP contribution in [0.15, 0.2) is 10.6 Å². The summed E-state index contributed by atoms with van der Waals surface area (Å²) in [5.41, 5.74) is 0. The molecule has 1 aliphatic rings. The summed E-state index contributed by atoms with van der Waals surface area (Å²) >= 11 is 0. The Bertz CT molecular complexity index is 655. The van der Waals surface area contributed by atoms with Gasteiger partial charge in [0, 0.05) is 25.8 Å². The van der Waals surface area contributed by atoms with Crippen LogP contribution in [0.25, 0.3) is 0 Å². The lowest BCUT2D eigenvalue weighted by molar-refractivity contribution is -0.153. The fraction of sp³-hybridized carbons (Fsp3) is 0.750. The van der Waals surface area contributed by atoms with Crippen molar-refractivity contribution in [3.05, 3.63) is 11.8 Å². The van der Waals surface area contributed by atoms with Crippen molar-refractivity contribution >= 4 is 11.9 Å². The van der Waals surface area contributed by atoms with Crippen LogP contribution in [0.1, 0.15) is 52.2 Å². The normalized spacial score (nSPS) is 17.8. The molecule has 9 nitrogen and oxygen atoms in total. The van der Waals surface area contributed by atoms with Crippen molar-refractivity contribution in [1.82, 2.24) is 10.1 Å². The van der Waals surface area contributed by atoms with E-state index in [0.29, 0.717) is 31.9 Å². The second-order valence-corrected chi connectivity index (χ2v) is 7.15. The van der Waals surface area contributed by atoms with Gasteiger partial charge in [0.05, 0.1) is 7.11 Å². The van der Waals surface area contributed by atoms with Gasteiger partial charge in [-0.15, -0.1) is 0 Å². The number of hydrogen-bond acceptors (Lipinski definition) is 8. The van der Waals surface area contributed by atoms with Crippen LogP contribution in [0.5, 0.6) is 5.88 Å². The fourth-order valence-corrected chi connectivity index (χ4v) is 3.48. The van der Waals surface area contributed by atoms with Gasteiger partial charge < -0.3 is 28.4 Å². The summed E-state index contributed by atoms with van der Waals surface area (Å²) in [5.74, 6) is -0.523. The molecular weight excluding hydrogens is 380 g/mol. The first kappa shape index (κ1) is 23.2. The molecule has 1 aromatic rings. The molecule has 0 aliphatic carbocycles. The maximum Gasteiger partial charge on any atom is 0.328 e. The third kappa shape index (κ3) is 5.93. The van der Waals surface area contributed by atoms with Gasteiger partial charge in [0.15, 0.2) is 12.1 Å². The van der Waals surface area contributed by atoms with Crippen molar-refractivity contribution < 1.29 is 33.1 Å². The van der Waals surface area contributed by atoms with Crippen LogP contribution in [0, 0.1) is 5.92 Å². The molecule has 0 saturated carbocycles. The lowest BCUT2D eigenvalue weighted by atomic mass is 9.91. The van der Waals surface area contributed by atoms with Crippen molar-refractivity contribution in [2.75, 3.05) is 33.5 Å². The summed E-state index contributed by atoms with van der Waals surface area (Å²) in [6.07, 6.45) is 0.861. The van der Waals surface area contributed by atoms with E-state index in [1.165, 1.54) is 7.11 Å². The second-order valence-electron chi connectivity index (χ2n) is 7.15. The Labute approximate surface area is 171 Å². The molecule has 0 aromatic carbocycles. The molecule has 29 heavy (non-hydrogen) atoms. The van der Waals surface area contributed by atoms with Crippen LogP contribution >= 0.6 is 0 Å². The highest BCUT2D eigenvalue weighted by Gasteiger charge is 2.40. The molecule has 0 radical (unpaired) electrons. The Hall–Kier alpha value is -2.13. The first-order valence-corrected chi connectivity index (χ1v) is 10.1. The van der Waals surface area contributed by atoms with Crippen LogP contribution in [0.2, 0.25) is 0 Å². The minimum atomic E-state index is -0.570. The van der Waals surface area contributed by atoms with Crippen LogP contribution in [0.4, 0.5) is 0 Å². The molecule has 1 saturated heterocycles. The summed E-state index contributed by atoms with van der Waals surface area (Å²) in [5, 5.41) is 3.92. The third-order valence-electron chi connectivity index (χ3n) is 4.83. The number of hydrogen-bond donors (Lipinski definition) is 0. The second kappa shape index (κ2) is 11.2. The summed E-state index contributed by atoms with van der Waals surface area (Å²) in [7, 11) is 1.33. The molecule has 2 atom stereocenters. The van der Waals surface area contributed by atoms with Gasteiger partial charge in [-0.1, -0.05) is 13.8 Å². The minimum absolute atomic E-state index is 0.0539. The van der Waals surface area contributed by atoms with Crippen molar-refractivity contribution in [3.63, 3.8) is 0 Å². The lowest BCUT2D eigenvalue weighted by Crippen LogP contribution is -2.44. The van der Waals surface area contributed by atoms with Gasteiger partial charge in [-0.25, -0.2) is 4.79 Å². The van der Waals surface area contributed by atoms with Gasteiger partial charge in [0.1, 0.15) is 18.6 Å². The van der Waals surface area contributed by atoms with Gasteiger partial charge in [-0.05, 0) is 37.8 Å². The summed E-state index contributed by atoms with van der Waals surface area (Å²) in [6, 6.07) is 1.06. The Balaban J connectivity index is 2.09. The maximum absolute atomic E-state index is 13.2. The van der Waals surface area contributed by atoms with Gasteiger partial charge in [0.25, 0.3) is 5.88 Å². The largest absolute Gasteiger partial charge is 0.470 e. The van der Waals surface area contributed by atoms with Crippen LogP contribution < -0.4 is 4.74 Å². The predicted molar refractivity (Wildman–Crippen MR) is 103 cm³/mol. The number of methoxy groups -OCH3 is 1. The molecule has 0 spiro atoms. The number of likely N-dealkylation sites (tertiary alicyclic amines) is 1. The molecular formula is C20H32N2O7. The van der Waals surface area contributed by atoms with E-state index in [4.69, 9.17) is 23.5 Å². The van der Waals surface area contributed by atoms with E-state index >= 15 is 0 Å². The average molecular weight is 412 g/mol. The van der Waals surface area contributed by atoms with Gasteiger partial charge in [-0.3, -0.25) is 4.79 Å². The minimum Gasteiger partial charge on any atom is -0.470 e. The standard InChI is InChI=1S/C20H32N2O7/c1-6-26-17(27-7-2)12-28-16-11-15(29-21-16)18(13(3)4)19(23)22-10-8-9-14(22)20(24)25-5/h11,13-14,17-18H,6-10,12H2,1-5H3/t14-,18?/m0/s1. The van der Waals surface area contributed by atoms with E-state index in [-0.39, 0.29) is 24.3 Å². The van der Waals surface area contributed by atoms with E-state index in [9.17, 15) is 9.59 Å². The number of carbonyl (C=O) groups excluding carboxylic acids is 2. The summed E-state index contributed by atoms with van der Waals surface area (Å²) in [6.45, 7) is 9.27. The smallest absolute Gasteiger partial charge is 0.328 e. The lowest BCUT2D eigenvalue weighted by Gasteiger charge is -2.28. The molecule has 9 heteroatoms. The molecule has 1 amide bonds. The predicted octanol–water partition coefficient (Wildman–Crippen LogP) is 2.36. The molecule has 1 unspecified atom stereocenters. The molecule has 1 fully saturated rings. The average Bonchev–Trinajstić information content (AvgIpc) is 3.35. The Kier molecular flexibility index (Phi) is 8.91. The zero-order chi connectivity index (χ0) is 21.4. The van der Waals surface area contributed by atoms with E-state index in [2.05, 4.69) is 5.16 Å². The molecule has 164 valence electrons. The van der Waals surface area contributed by atoms with Crippen molar-refractivity contribution in [2.24, 2.45) is 5.92 Å². The van der Waals surface area contributed by atoms with Gasteiger partial charge in [0.2, 0.25) is 5.91 Å². The number of aromatic nitrogens is 1. The van der Waals surface area contributed by atoms with Gasteiger partial charge >= 0.3 is 5.97 Å². The molecule has 2 heterocycles. The van der Waals surface area contributed by atoms with Gasteiger partial charge in [-0.2, -0.15) is 0 Å². The molecule has 2 rings (SSSR count). The third-order valence-corrected chi connectivity index (χ3v) is 4.83. The number of rotatable bonds is 11. The quantitative estimate of drug-likeness (QED) is 0.403. The van der Waals surface area contributed by atoms with Crippen molar-refractivity contribution in [2.45, 2.75) is 58.8 Å². The summed E-state index contributed by atoms with van der Waals surface area (Å²) in [4.78, 5) is 26.8. The van der Waals surface area contributed by atoms with E-state index in [1.807, 2.05) is 27.7 Å². The zero-order valence-electron chi connectivity index (χ0n) is 17.9. The fourth-order valence-electron chi connectivity index (χ4n) is 3.48. The van der Waals surface area contributed by atoms with E-state index in [0.717, 1.165) is 6.42 Å². The van der Waals surface area contributed by atoms with Crippen LogP contribution in [0.3, 0.4) is 0 Å². The number of carbonyl (C=O) groups is 2. The zero-order valence-corrected chi connectivity index (χ0v) is 17.9. The molecule has 1 aliphatic heterocycles. The Morgan fingerprint density at radius 2 is 1.97 bits per heavy atom. The highest BCUT2D eigenvalue weighted by molar-refractivity contribution is 5.89. The van der Waals surface area contributed by atoms with Crippen molar-refractivity contribution in [3.8, 4) is 5.88 Å². The van der Waals surface area contributed by atoms with Crippen molar-refractivity contribution in [1.29, 1.82) is 0 Å². The highest BCUT2D eigenvalue weighted by Crippen LogP contribution is 2.32. The number of ether oxygens (including phenoxy) is 4. The van der Waals surface area contributed by atoms with Crippen LogP contribution in [-0.4, -0.2) is 67.7 Å². The topological polar surface area (TPSA) is 100 Å². The molecule has 0 N–H and O–H groups in total. The van der Waals surface area contributed by atoms with E-state index < -0.39 is 24.2 Å². The Morgan fingerprint density at radius 1 is 1.28 bits per heavy atom. The summed E-state index contributed by atoms with van der Waals surface area (Å²) < 4.78 is 26.8. The molecule has 1 aromatic heterocycles. The van der Waals surface area contributed by atoms with E-state index in [1.54, 1.807) is 11.0 Å². The highest BCUT2D eigenvalue weighted by atomic mass is 16.7. The molecule has 0 bridgehead atoms. The first-order valence-electron chi connectivity index (χ1n) is 10.1. The SMILES string of the molecule is CCOC(COc1cc(C(C(=O)N2CCC[C@H]2C(=O)OC)C(C)C)on1)OCC. The monoisotopic (exact) mass is 412 g/mol. The number of amides is 1. The Morgan fingerprint density at radius 3 is 2.55 bits per heavy atom. The maximum atomic E-state index is 13.2. The first-order chi connectivity index (χ1) is 13.9. The van der Waals surface area contributed by atoms with Crippen LogP contribution in [-0.2, 0) is 23.8 Å². The number of nitrogens with zero attached hydrogens (tertiary/aromatic N) is 2. The number of esters is 1.